The monoisotopic (exact) mass is 344 g/mol. The quantitative estimate of drug-likeness (QED) is 0.836. The SMILES string of the molecule is O=C(C[C@@H]1CCCO1)N1CCN(c2ncc(C(F)(F)F)cn2)CC1. The fourth-order valence-corrected chi connectivity index (χ4v) is 2.92. The van der Waals surface area contributed by atoms with Gasteiger partial charge in [0.2, 0.25) is 11.9 Å². The zero-order valence-electron chi connectivity index (χ0n) is 13.1. The maximum atomic E-state index is 12.5. The Balaban J connectivity index is 1.52. The van der Waals surface area contributed by atoms with Crippen LogP contribution >= 0.6 is 0 Å². The summed E-state index contributed by atoms with van der Waals surface area (Å²) in [6.07, 6.45) is -0.520. The molecular formula is C15H19F3N4O2. The maximum absolute atomic E-state index is 12.5. The first-order chi connectivity index (χ1) is 11.4. The minimum atomic E-state index is -4.44. The number of amides is 1. The van der Waals surface area contributed by atoms with E-state index < -0.39 is 11.7 Å². The maximum Gasteiger partial charge on any atom is 0.419 e. The molecule has 1 atom stereocenters. The second-order valence-electron chi connectivity index (χ2n) is 5.98. The number of alkyl halides is 3. The van der Waals surface area contributed by atoms with Crippen LogP contribution in [0.3, 0.4) is 0 Å². The summed E-state index contributed by atoms with van der Waals surface area (Å²) >= 11 is 0. The van der Waals surface area contributed by atoms with E-state index in [0.717, 1.165) is 31.8 Å². The summed E-state index contributed by atoms with van der Waals surface area (Å²) in [6, 6.07) is 0. The van der Waals surface area contributed by atoms with Crippen molar-refractivity contribution in [2.75, 3.05) is 37.7 Å². The molecule has 1 amide bonds. The highest BCUT2D eigenvalue weighted by Crippen LogP contribution is 2.28. The molecule has 9 heteroatoms. The number of carbonyl (C=O) groups excluding carboxylic acids is 1. The van der Waals surface area contributed by atoms with Gasteiger partial charge >= 0.3 is 6.18 Å². The smallest absolute Gasteiger partial charge is 0.378 e. The van der Waals surface area contributed by atoms with E-state index in [-0.39, 0.29) is 18.0 Å². The Bertz CT molecular complexity index is 565. The molecule has 0 saturated carbocycles. The molecule has 24 heavy (non-hydrogen) atoms. The van der Waals surface area contributed by atoms with Crippen molar-refractivity contribution in [1.82, 2.24) is 14.9 Å². The molecule has 0 aliphatic carbocycles. The second kappa shape index (κ2) is 6.92. The molecule has 0 N–H and O–H groups in total. The van der Waals surface area contributed by atoms with Gasteiger partial charge in [-0.15, -0.1) is 0 Å². The second-order valence-corrected chi connectivity index (χ2v) is 5.98. The van der Waals surface area contributed by atoms with Crippen LogP contribution in [0.25, 0.3) is 0 Å². The normalized spacial score (nSPS) is 22.0. The van der Waals surface area contributed by atoms with Crippen molar-refractivity contribution < 1.29 is 22.7 Å². The van der Waals surface area contributed by atoms with Crippen LogP contribution < -0.4 is 4.90 Å². The number of nitrogens with zero attached hydrogens (tertiary/aromatic N) is 4. The van der Waals surface area contributed by atoms with Crippen LogP contribution in [0.15, 0.2) is 12.4 Å². The Hall–Kier alpha value is -1.90. The van der Waals surface area contributed by atoms with Gasteiger partial charge in [0, 0.05) is 45.2 Å². The van der Waals surface area contributed by atoms with Crippen LogP contribution in [0.4, 0.5) is 19.1 Å². The van der Waals surface area contributed by atoms with Gasteiger partial charge in [0.05, 0.1) is 18.1 Å². The third-order valence-corrected chi connectivity index (χ3v) is 4.31. The summed E-state index contributed by atoms with van der Waals surface area (Å²) in [7, 11) is 0. The van der Waals surface area contributed by atoms with Crippen LogP contribution in [0.5, 0.6) is 0 Å². The van der Waals surface area contributed by atoms with E-state index in [1.807, 2.05) is 0 Å². The molecule has 0 unspecified atom stereocenters. The number of aromatic nitrogens is 2. The molecule has 3 heterocycles. The Morgan fingerprint density at radius 1 is 1.21 bits per heavy atom. The molecule has 2 fully saturated rings. The number of anilines is 1. The van der Waals surface area contributed by atoms with Gasteiger partial charge in [-0.2, -0.15) is 13.2 Å². The molecule has 2 aliphatic heterocycles. The average Bonchev–Trinajstić information content (AvgIpc) is 3.07. The van der Waals surface area contributed by atoms with Crippen molar-refractivity contribution in [2.24, 2.45) is 0 Å². The Morgan fingerprint density at radius 2 is 1.88 bits per heavy atom. The average molecular weight is 344 g/mol. The fraction of sp³-hybridized carbons (Fsp3) is 0.667. The zero-order valence-corrected chi connectivity index (χ0v) is 13.1. The number of rotatable bonds is 3. The highest BCUT2D eigenvalue weighted by Gasteiger charge is 2.32. The molecule has 132 valence electrons. The number of ether oxygens (including phenoxy) is 1. The Labute approximate surface area is 137 Å². The van der Waals surface area contributed by atoms with Crippen molar-refractivity contribution in [2.45, 2.75) is 31.5 Å². The molecule has 6 nitrogen and oxygen atoms in total. The fourth-order valence-electron chi connectivity index (χ4n) is 2.92. The van der Waals surface area contributed by atoms with Crippen molar-refractivity contribution in [3.8, 4) is 0 Å². The molecule has 1 aromatic rings. The number of hydrogen-bond donors (Lipinski definition) is 0. The van der Waals surface area contributed by atoms with E-state index in [1.165, 1.54) is 0 Å². The van der Waals surface area contributed by atoms with Gasteiger partial charge in [0.1, 0.15) is 0 Å². The van der Waals surface area contributed by atoms with Crippen molar-refractivity contribution in [3.63, 3.8) is 0 Å². The van der Waals surface area contributed by atoms with E-state index >= 15 is 0 Å². The highest BCUT2D eigenvalue weighted by atomic mass is 19.4. The highest BCUT2D eigenvalue weighted by molar-refractivity contribution is 5.77. The molecule has 1 aromatic heterocycles. The lowest BCUT2D eigenvalue weighted by molar-refractivity contribution is -0.138. The molecule has 0 radical (unpaired) electrons. The largest absolute Gasteiger partial charge is 0.419 e. The van der Waals surface area contributed by atoms with Crippen LogP contribution in [-0.4, -0.2) is 59.7 Å². The van der Waals surface area contributed by atoms with Crippen LogP contribution in [0, 0.1) is 0 Å². The van der Waals surface area contributed by atoms with Gasteiger partial charge in [0.25, 0.3) is 0 Å². The van der Waals surface area contributed by atoms with E-state index in [0.29, 0.717) is 32.6 Å². The van der Waals surface area contributed by atoms with Crippen molar-refractivity contribution in [3.05, 3.63) is 18.0 Å². The summed E-state index contributed by atoms with van der Waals surface area (Å²) in [6.45, 7) is 2.74. The number of carbonyl (C=O) groups is 1. The van der Waals surface area contributed by atoms with E-state index in [2.05, 4.69) is 9.97 Å². The van der Waals surface area contributed by atoms with Gasteiger partial charge in [-0.1, -0.05) is 0 Å². The van der Waals surface area contributed by atoms with Crippen LogP contribution in [-0.2, 0) is 15.7 Å². The lowest BCUT2D eigenvalue weighted by Gasteiger charge is -2.35. The molecule has 0 bridgehead atoms. The predicted octanol–water partition coefficient (Wildman–Crippen LogP) is 1.71. The zero-order chi connectivity index (χ0) is 17.2. The summed E-state index contributed by atoms with van der Waals surface area (Å²) in [5.74, 6) is 0.323. The first-order valence-electron chi connectivity index (χ1n) is 7.97. The molecule has 2 aliphatic rings. The standard InChI is InChI=1S/C15H19F3N4O2/c16-15(17,18)11-9-19-14(20-10-11)22-5-3-21(4-6-22)13(23)8-12-2-1-7-24-12/h9-10,12H,1-8H2/t12-/m0/s1. The van der Waals surface area contributed by atoms with E-state index in [9.17, 15) is 18.0 Å². The van der Waals surface area contributed by atoms with Crippen LogP contribution in [0.2, 0.25) is 0 Å². The lowest BCUT2D eigenvalue weighted by atomic mass is 10.1. The van der Waals surface area contributed by atoms with Gasteiger partial charge in [0.15, 0.2) is 0 Å². The van der Waals surface area contributed by atoms with Crippen molar-refractivity contribution in [1.29, 1.82) is 0 Å². The summed E-state index contributed by atoms with van der Waals surface area (Å²) < 4.78 is 43.0. The summed E-state index contributed by atoms with van der Waals surface area (Å²) in [5, 5.41) is 0. The molecule has 0 spiro atoms. The molecule has 0 aromatic carbocycles. The number of piperazine rings is 1. The minimum Gasteiger partial charge on any atom is -0.378 e. The van der Waals surface area contributed by atoms with Crippen molar-refractivity contribution >= 4 is 11.9 Å². The predicted molar refractivity (Wildman–Crippen MR) is 79.4 cm³/mol. The summed E-state index contributed by atoms with van der Waals surface area (Å²) in [5.41, 5.74) is -0.864. The minimum absolute atomic E-state index is 0.0220. The van der Waals surface area contributed by atoms with Gasteiger partial charge < -0.3 is 14.5 Å². The number of halogens is 3. The first kappa shape index (κ1) is 16.9. The van der Waals surface area contributed by atoms with E-state index in [4.69, 9.17) is 4.74 Å². The Morgan fingerprint density at radius 3 is 2.42 bits per heavy atom. The Kier molecular flexibility index (Phi) is 4.88. The van der Waals surface area contributed by atoms with Gasteiger partial charge in [-0.25, -0.2) is 9.97 Å². The summed E-state index contributed by atoms with van der Waals surface area (Å²) in [4.78, 5) is 23.4. The molecular weight excluding hydrogens is 325 g/mol. The molecule has 2 saturated heterocycles. The lowest BCUT2D eigenvalue weighted by Crippen LogP contribution is -2.49. The molecule has 3 rings (SSSR count). The third-order valence-electron chi connectivity index (χ3n) is 4.31. The van der Waals surface area contributed by atoms with Gasteiger partial charge in [-0.05, 0) is 12.8 Å². The third kappa shape index (κ3) is 3.95. The van der Waals surface area contributed by atoms with Gasteiger partial charge in [-0.3, -0.25) is 4.79 Å². The van der Waals surface area contributed by atoms with Crippen LogP contribution in [0.1, 0.15) is 24.8 Å². The number of hydrogen-bond acceptors (Lipinski definition) is 5. The first-order valence-corrected chi connectivity index (χ1v) is 7.97. The topological polar surface area (TPSA) is 58.6 Å². The van der Waals surface area contributed by atoms with E-state index in [1.54, 1.807) is 9.80 Å².